The van der Waals surface area contributed by atoms with Crippen LogP contribution in [0.2, 0.25) is 0 Å². The Bertz CT molecular complexity index is 1150. The standard InChI is InChI=1S/C29H24.2ClH.Hf/c1-3-14-24-22(8-1)18-28-20(12-6-16-26(24)28)10-5-11-21-13-7-17-27-25-15-4-2-9-23(25)19-29(21)27;;;/h1-4,6-9,12-17H,5,10-11,18-19H2;2*1H;/p-2. The molecule has 4 aromatic rings. The summed E-state index contributed by atoms with van der Waals surface area (Å²) in [5, 5.41) is 0. The van der Waals surface area contributed by atoms with Gasteiger partial charge in [0, 0.05) is 25.8 Å². The minimum Gasteiger partial charge on any atom is -1.00 e. The van der Waals surface area contributed by atoms with E-state index in [4.69, 9.17) is 0 Å². The molecular weight excluding hydrogens is 598 g/mol. The SMILES string of the molecule is [Cl-].[Cl-].[Hf].c1ccc2c(c1)Cc1c(CCCc3cccc4c3Cc3ccccc3-4)cccc1-2. The third-order valence-electron chi connectivity index (χ3n) is 6.79. The number of fused-ring (bicyclic) bond motifs is 6. The van der Waals surface area contributed by atoms with Gasteiger partial charge in [-0.3, -0.25) is 0 Å². The predicted molar refractivity (Wildman–Crippen MR) is 121 cm³/mol. The van der Waals surface area contributed by atoms with Crippen molar-refractivity contribution in [2.75, 3.05) is 0 Å². The average molecular weight is 622 g/mol. The van der Waals surface area contributed by atoms with E-state index in [-0.39, 0.29) is 50.7 Å². The molecule has 32 heavy (non-hydrogen) atoms. The van der Waals surface area contributed by atoms with Crippen molar-refractivity contribution in [3.8, 4) is 22.3 Å². The van der Waals surface area contributed by atoms with E-state index < -0.39 is 0 Å². The molecule has 0 saturated carbocycles. The van der Waals surface area contributed by atoms with Crippen LogP contribution in [0.1, 0.15) is 39.8 Å². The molecule has 0 aliphatic heterocycles. The molecule has 0 fully saturated rings. The van der Waals surface area contributed by atoms with Crippen molar-refractivity contribution in [3.05, 3.63) is 118 Å². The zero-order valence-electron chi connectivity index (χ0n) is 17.9. The van der Waals surface area contributed by atoms with E-state index >= 15 is 0 Å². The summed E-state index contributed by atoms with van der Waals surface area (Å²) in [7, 11) is 0. The van der Waals surface area contributed by atoms with Crippen LogP contribution in [-0.2, 0) is 51.5 Å². The molecule has 6 rings (SSSR count). The first kappa shape index (κ1) is 25.0. The number of halogens is 2. The maximum absolute atomic E-state index is 2.34. The van der Waals surface area contributed by atoms with Crippen LogP contribution < -0.4 is 24.8 Å². The zero-order valence-corrected chi connectivity index (χ0v) is 23.0. The number of benzene rings is 4. The summed E-state index contributed by atoms with van der Waals surface area (Å²) >= 11 is 0. The quantitative estimate of drug-likeness (QED) is 0.258. The van der Waals surface area contributed by atoms with Crippen molar-refractivity contribution in [1.82, 2.24) is 0 Å². The van der Waals surface area contributed by atoms with Gasteiger partial charge in [-0.15, -0.1) is 0 Å². The molecular formula is C29H24Cl2Hf-2. The Hall–Kier alpha value is -1.67. The number of rotatable bonds is 4. The van der Waals surface area contributed by atoms with E-state index in [0.717, 1.165) is 25.7 Å². The topological polar surface area (TPSA) is 0 Å². The minimum atomic E-state index is 0. The van der Waals surface area contributed by atoms with E-state index in [1.165, 1.54) is 50.9 Å². The second kappa shape index (κ2) is 10.5. The van der Waals surface area contributed by atoms with Gasteiger partial charge < -0.3 is 24.8 Å². The Kier molecular flexibility index (Phi) is 8.20. The Morgan fingerprint density at radius 2 is 0.875 bits per heavy atom. The maximum Gasteiger partial charge on any atom is 0 e. The second-order valence-corrected chi connectivity index (χ2v) is 8.41. The molecule has 4 aromatic carbocycles. The second-order valence-electron chi connectivity index (χ2n) is 8.41. The van der Waals surface area contributed by atoms with Gasteiger partial charge in [-0.1, -0.05) is 84.9 Å². The fraction of sp³-hybridized carbons (Fsp3) is 0.172. The van der Waals surface area contributed by atoms with Crippen molar-refractivity contribution in [1.29, 1.82) is 0 Å². The van der Waals surface area contributed by atoms with Crippen molar-refractivity contribution in [3.63, 3.8) is 0 Å². The van der Waals surface area contributed by atoms with Crippen LogP contribution >= 0.6 is 0 Å². The first-order valence-electron chi connectivity index (χ1n) is 10.8. The van der Waals surface area contributed by atoms with Gasteiger partial charge in [0.05, 0.1) is 0 Å². The maximum atomic E-state index is 2.34. The largest absolute Gasteiger partial charge is 1.00 e. The fourth-order valence-corrected chi connectivity index (χ4v) is 5.38. The molecule has 0 radical (unpaired) electrons. The Morgan fingerprint density at radius 3 is 1.34 bits per heavy atom. The number of hydrogen-bond acceptors (Lipinski definition) is 0. The van der Waals surface area contributed by atoms with Gasteiger partial charge in [0.25, 0.3) is 0 Å². The van der Waals surface area contributed by atoms with Crippen LogP contribution in [0.4, 0.5) is 0 Å². The molecule has 160 valence electrons. The van der Waals surface area contributed by atoms with E-state index in [9.17, 15) is 0 Å². The van der Waals surface area contributed by atoms with Crippen LogP contribution in [0, 0.1) is 0 Å². The fourth-order valence-electron chi connectivity index (χ4n) is 5.38. The molecule has 2 aliphatic rings. The average Bonchev–Trinajstić information content (AvgIpc) is 3.33. The summed E-state index contributed by atoms with van der Waals surface area (Å²) in [5.41, 5.74) is 14.9. The van der Waals surface area contributed by atoms with Gasteiger partial charge in [0.15, 0.2) is 0 Å². The van der Waals surface area contributed by atoms with E-state index in [2.05, 4.69) is 84.9 Å². The molecule has 3 heteroatoms. The monoisotopic (exact) mass is 622 g/mol. The Morgan fingerprint density at radius 1 is 0.469 bits per heavy atom. The summed E-state index contributed by atoms with van der Waals surface area (Å²) in [6, 6.07) is 31.5. The normalized spacial score (nSPS) is 11.8. The first-order chi connectivity index (χ1) is 14.4. The van der Waals surface area contributed by atoms with Gasteiger partial charge >= 0.3 is 0 Å². The van der Waals surface area contributed by atoms with Gasteiger partial charge in [-0.05, 0) is 87.7 Å². The number of hydrogen-bond donors (Lipinski definition) is 0. The molecule has 0 spiro atoms. The Balaban J connectivity index is 0.000000963. The smallest absolute Gasteiger partial charge is 0 e. The third kappa shape index (κ3) is 4.28. The molecule has 0 bridgehead atoms. The summed E-state index contributed by atoms with van der Waals surface area (Å²) in [5.74, 6) is 0. The molecule has 0 unspecified atom stereocenters. The van der Waals surface area contributed by atoms with Crippen LogP contribution in [0.3, 0.4) is 0 Å². The van der Waals surface area contributed by atoms with Crippen LogP contribution in [0.5, 0.6) is 0 Å². The van der Waals surface area contributed by atoms with Crippen molar-refractivity contribution in [2.24, 2.45) is 0 Å². The van der Waals surface area contributed by atoms with Crippen molar-refractivity contribution >= 4 is 0 Å². The van der Waals surface area contributed by atoms with Crippen molar-refractivity contribution < 1.29 is 50.7 Å². The Labute approximate surface area is 222 Å². The molecule has 0 saturated heterocycles. The van der Waals surface area contributed by atoms with Gasteiger partial charge in [-0.25, -0.2) is 0 Å². The zero-order chi connectivity index (χ0) is 19.2. The summed E-state index contributed by atoms with van der Waals surface area (Å²) in [4.78, 5) is 0. The molecule has 0 heterocycles. The summed E-state index contributed by atoms with van der Waals surface area (Å²) < 4.78 is 0. The van der Waals surface area contributed by atoms with Crippen LogP contribution in [0.15, 0.2) is 84.9 Å². The first-order valence-corrected chi connectivity index (χ1v) is 10.8. The predicted octanol–water partition coefficient (Wildman–Crippen LogP) is 1.01. The minimum absolute atomic E-state index is 0. The molecule has 2 aliphatic carbocycles. The summed E-state index contributed by atoms with van der Waals surface area (Å²) in [6.45, 7) is 0. The molecule has 0 nitrogen and oxygen atoms in total. The number of aryl methyl sites for hydroxylation is 2. The molecule has 0 aromatic heterocycles. The molecule has 0 amide bonds. The van der Waals surface area contributed by atoms with Crippen molar-refractivity contribution in [2.45, 2.75) is 32.1 Å². The van der Waals surface area contributed by atoms with Gasteiger partial charge in [-0.2, -0.15) is 0 Å². The molecule has 0 N–H and O–H groups in total. The summed E-state index contributed by atoms with van der Waals surface area (Å²) in [6.07, 6.45) is 5.72. The van der Waals surface area contributed by atoms with E-state index in [1.807, 2.05) is 0 Å². The van der Waals surface area contributed by atoms with E-state index in [0.29, 0.717) is 0 Å². The molecule has 0 atom stereocenters. The van der Waals surface area contributed by atoms with Gasteiger partial charge in [0.2, 0.25) is 0 Å². The van der Waals surface area contributed by atoms with Crippen LogP contribution in [0.25, 0.3) is 22.3 Å². The van der Waals surface area contributed by atoms with E-state index in [1.54, 1.807) is 11.1 Å². The van der Waals surface area contributed by atoms with Crippen LogP contribution in [-0.4, -0.2) is 0 Å². The third-order valence-corrected chi connectivity index (χ3v) is 6.79. The van der Waals surface area contributed by atoms with Gasteiger partial charge in [0.1, 0.15) is 0 Å².